The highest BCUT2D eigenvalue weighted by atomic mass is 32.2. The van der Waals surface area contributed by atoms with Crippen LogP contribution in [0.25, 0.3) is 0 Å². The van der Waals surface area contributed by atoms with Gasteiger partial charge in [0.05, 0.1) is 0 Å². The first-order valence-electron chi connectivity index (χ1n) is 5.32. The molecular weight excluding hydrogens is 252 g/mol. The van der Waals surface area contributed by atoms with Crippen LogP contribution in [0.4, 0.5) is 5.82 Å². The molecule has 0 aliphatic rings. The van der Waals surface area contributed by atoms with E-state index in [1.807, 2.05) is 20.0 Å². The monoisotopic (exact) mass is 266 g/mol. The number of ether oxygens (including phenoxy) is 1. The number of aromatic nitrogens is 5. The number of hydrogen-bond donors (Lipinski definition) is 2. The van der Waals surface area contributed by atoms with E-state index in [0.29, 0.717) is 17.6 Å². The maximum absolute atomic E-state index is 5.04. The van der Waals surface area contributed by atoms with Crippen LogP contribution in [0.5, 0.6) is 0 Å². The molecule has 0 atom stereocenters. The minimum absolute atomic E-state index is 0.371. The van der Waals surface area contributed by atoms with Crippen LogP contribution >= 0.6 is 11.8 Å². The number of nitrogens with one attached hydrogen (secondary N) is 2. The summed E-state index contributed by atoms with van der Waals surface area (Å²) in [4.78, 5) is 12.9. The standard InChI is InChI=1S/C10H14N6OS/c1-6-12-10(16-15-6)18-9-4-7(11-2)13-8(14-9)5-17-3/h4H,5H2,1-3H3,(H,11,13,14)(H,12,15,16). The highest BCUT2D eigenvalue weighted by Crippen LogP contribution is 2.24. The molecule has 0 fully saturated rings. The fourth-order valence-corrected chi connectivity index (χ4v) is 2.09. The summed E-state index contributed by atoms with van der Waals surface area (Å²) in [6.45, 7) is 2.22. The molecule has 7 nitrogen and oxygen atoms in total. The molecule has 0 spiro atoms. The Morgan fingerprint density at radius 1 is 1.39 bits per heavy atom. The number of rotatable bonds is 5. The lowest BCUT2D eigenvalue weighted by atomic mass is 10.5. The molecule has 2 aromatic rings. The lowest BCUT2D eigenvalue weighted by Gasteiger charge is -2.05. The van der Waals surface area contributed by atoms with Gasteiger partial charge in [-0.1, -0.05) is 0 Å². The van der Waals surface area contributed by atoms with Gasteiger partial charge in [-0.05, 0) is 18.7 Å². The van der Waals surface area contributed by atoms with Crippen LogP contribution in [0, 0.1) is 6.92 Å². The second kappa shape index (κ2) is 5.78. The zero-order chi connectivity index (χ0) is 13.0. The molecule has 0 unspecified atom stereocenters. The van der Waals surface area contributed by atoms with Gasteiger partial charge in [-0.15, -0.1) is 5.10 Å². The fraction of sp³-hybridized carbons (Fsp3) is 0.400. The summed E-state index contributed by atoms with van der Waals surface area (Å²) < 4.78 is 5.04. The van der Waals surface area contributed by atoms with Crippen molar-refractivity contribution in [2.45, 2.75) is 23.7 Å². The maximum Gasteiger partial charge on any atom is 0.214 e. The quantitative estimate of drug-likeness (QED) is 0.787. The van der Waals surface area contributed by atoms with Crippen molar-refractivity contribution < 1.29 is 4.74 Å². The van der Waals surface area contributed by atoms with Gasteiger partial charge >= 0.3 is 0 Å². The Bertz CT molecular complexity index is 529. The average molecular weight is 266 g/mol. The number of methoxy groups -OCH3 is 1. The lowest BCUT2D eigenvalue weighted by molar-refractivity contribution is 0.177. The number of anilines is 1. The van der Waals surface area contributed by atoms with Gasteiger partial charge in [-0.3, -0.25) is 5.10 Å². The third kappa shape index (κ3) is 3.17. The summed E-state index contributed by atoms with van der Waals surface area (Å²) in [6, 6.07) is 1.84. The number of aryl methyl sites for hydroxylation is 1. The minimum atomic E-state index is 0.371. The van der Waals surface area contributed by atoms with Gasteiger partial charge in [0, 0.05) is 20.2 Å². The number of nitrogens with zero attached hydrogens (tertiary/aromatic N) is 4. The maximum atomic E-state index is 5.04. The number of H-pyrrole nitrogens is 1. The second-order valence-corrected chi connectivity index (χ2v) is 4.48. The molecule has 0 amide bonds. The van der Waals surface area contributed by atoms with E-state index in [1.165, 1.54) is 11.8 Å². The van der Waals surface area contributed by atoms with Crippen LogP contribution in [0.15, 0.2) is 16.2 Å². The summed E-state index contributed by atoms with van der Waals surface area (Å²) in [6.07, 6.45) is 0. The molecule has 0 bridgehead atoms. The topological polar surface area (TPSA) is 88.6 Å². The van der Waals surface area contributed by atoms with Gasteiger partial charge in [-0.2, -0.15) is 0 Å². The average Bonchev–Trinajstić information content (AvgIpc) is 2.75. The Labute approximate surface area is 109 Å². The van der Waals surface area contributed by atoms with Crippen molar-refractivity contribution >= 4 is 17.6 Å². The second-order valence-electron chi connectivity index (χ2n) is 3.50. The van der Waals surface area contributed by atoms with E-state index < -0.39 is 0 Å². The van der Waals surface area contributed by atoms with Crippen LogP contribution in [0.3, 0.4) is 0 Å². The Morgan fingerprint density at radius 3 is 2.83 bits per heavy atom. The predicted molar refractivity (Wildman–Crippen MR) is 67.5 cm³/mol. The lowest BCUT2D eigenvalue weighted by Crippen LogP contribution is -2.02. The van der Waals surface area contributed by atoms with Crippen molar-refractivity contribution in [1.82, 2.24) is 25.1 Å². The van der Waals surface area contributed by atoms with E-state index in [0.717, 1.165) is 16.7 Å². The predicted octanol–water partition coefficient (Wildman–Crippen LogP) is 1.24. The molecule has 96 valence electrons. The first-order valence-corrected chi connectivity index (χ1v) is 6.14. The molecule has 0 saturated heterocycles. The highest BCUT2D eigenvalue weighted by Gasteiger charge is 2.08. The molecule has 2 rings (SSSR count). The minimum Gasteiger partial charge on any atom is -0.377 e. The molecular formula is C10H14N6OS. The fourth-order valence-electron chi connectivity index (χ4n) is 1.31. The Morgan fingerprint density at radius 2 is 2.22 bits per heavy atom. The van der Waals surface area contributed by atoms with Crippen molar-refractivity contribution in [2.75, 3.05) is 19.5 Å². The molecule has 18 heavy (non-hydrogen) atoms. The van der Waals surface area contributed by atoms with Crippen molar-refractivity contribution in [3.63, 3.8) is 0 Å². The van der Waals surface area contributed by atoms with Crippen LogP contribution in [-0.4, -0.2) is 39.3 Å². The van der Waals surface area contributed by atoms with Crippen molar-refractivity contribution in [2.24, 2.45) is 0 Å². The van der Waals surface area contributed by atoms with E-state index in [4.69, 9.17) is 4.74 Å². The van der Waals surface area contributed by atoms with Gasteiger partial charge in [0.15, 0.2) is 5.82 Å². The Balaban J connectivity index is 2.23. The van der Waals surface area contributed by atoms with Crippen LogP contribution in [-0.2, 0) is 11.3 Å². The smallest absolute Gasteiger partial charge is 0.214 e. The van der Waals surface area contributed by atoms with Crippen LogP contribution < -0.4 is 5.32 Å². The van der Waals surface area contributed by atoms with Gasteiger partial charge in [-0.25, -0.2) is 15.0 Å². The normalized spacial score (nSPS) is 10.6. The van der Waals surface area contributed by atoms with Crippen molar-refractivity contribution in [3.05, 3.63) is 17.7 Å². The molecule has 8 heteroatoms. The number of hydrogen-bond acceptors (Lipinski definition) is 7. The molecule has 0 radical (unpaired) electrons. The largest absolute Gasteiger partial charge is 0.377 e. The molecule has 0 saturated carbocycles. The zero-order valence-electron chi connectivity index (χ0n) is 10.4. The molecule has 2 aromatic heterocycles. The zero-order valence-corrected chi connectivity index (χ0v) is 11.2. The number of aromatic amines is 1. The molecule has 2 heterocycles. The van der Waals surface area contributed by atoms with Crippen LogP contribution in [0.2, 0.25) is 0 Å². The highest BCUT2D eigenvalue weighted by molar-refractivity contribution is 7.99. The van der Waals surface area contributed by atoms with Gasteiger partial charge in [0.25, 0.3) is 0 Å². The van der Waals surface area contributed by atoms with Gasteiger partial charge < -0.3 is 10.1 Å². The molecule has 2 N–H and O–H groups in total. The van der Waals surface area contributed by atoms with Crippen LogP contribution in [0.1, 0.15) is 11.6 Å². The van der Waals surface area contributed by atoms with E-state index in [1.54, 1.807) is 7.11 Å². The summed E-state index contributed by atoms with van der Waals surface area (Å²) in [5, 5.41) is 11.3. The van der Waals surface area contributed by atoms with Crippen molar-refractivity contribution in [1.29, 1.82) is 0 Å². The van der Waals surface area contributed by atoms with Gasteiger partial charge in [0.2, 0.25) is 5.16 Å². The van der Waals surface area contributed by atoms with E-state index >= 15 is 0 Å². The first kappa shape index (κ1) is 12.8. The Hall–Kier alpha value is -1.67. The van der Waals surface area contributed by atoms with E-state index in [-0.39, 0.29) is 0 Å². The van der Waals surface area contributed by atoms with E-state index in [9.17, 15) is 0 Å². The summed E-state index contributed by atoms with van der Waals surface area (Å²) in [5.74, 6) is 2.14. The third-order valence-corrected chi connectivity index (χ3v) is 2.83. The first-order chi connectivity index (χ1) is 8.71. The molecule has 0 aliphatic carbocycles. The SMILES string of the molecule is CNc1cc(Sc2n[nH]c(C)n2)nc(COC)n1. The molecule has 0 aliphatic heterocycles. The Kier molecular flexibility index (Phi) is 4.11. The van der Waals surface area contributed by atoms with E-state index in [2.05, 4.69) is 30.5 Å². The molecule has 0 aromatic carbocycles. The summed E-state index contributed by atoms with van der Waals surface area (Å²) >= 11 is 1.38. The van der Waals surface area contributed by atoms with Gasteiger partial charge in [0.1, 0.15) is 23.3 Å². The summed E-state index contributed by atoms with van der Waals surface area (Å²) in [7, 11) is 3.42. The summed E-state index contributed by atoms with van der Waals surface area (Å²) in [5.41, 5.74) is 0. The van der Waals surface area contributed by atoms with Crippen molar-refractivity contribution in [3.8, 4) is 0 Å². The third-order valence-electron chi connectivity index (χ3n) is 2.05.